The summed E-state index contributed by atoms with van der Waals surface area (Å²) < 4.78 is 5.11. The van der Waals surface area contributed by atoms with Crippen LogP contribution in [0.3, 0.4) is 0 Å². The van der Waals surface area contributed by atoms with Gasteiger partial charge in [0.15, 0.2) is 0 Å². The Hall–Kier alpha value is -2.54. The van der Waals surface area contributed by atoms with E-state index < -0.39 is 4.92 Å². The summed E-state index contributed by atoms with van der Waals surface area (Å²) in [6, 6.07) is 7.74. The van der Waals surface area contributed by atoms with Gasteiger partial charge in [-0.1, -0.05) is 11.6 Å². The minimum absolute atomic E-state index is 0.0733. The molecule has 0 radical (unpaired) electrons. The van der Waals surface area contributed by atoms with Crippen LogP contribution >= 0.6 is 11.6 Å². The molecule has 0 bridgehead atoms. The molecule has 2 rings (SSSR count). The molecule has 110 valence electrons. The predicted molar refractivity (Wildman–Crippen MR) is 81.7 cm³/mol. The number of halogens is 1. The second-order valence-corrected chi connectivity index (χ2v) is 4.48. The van der Waals surface area contributed by atoms with Gasteiger partial charge in [0.25, 0.3) is 5.69 Å². The lowest BCUT2D eigenvalue weighted by atomic mass is 10.3. The van der Waals surface area contributed by atoms with E-state index in [1.165, 1.54) is 19.2 Å². The summed E-state index contributed by atoms with van der Waals surface area (Å²) in [5, 5.41) is 17.1. The molecule has 0 unspecified atom stereocenters. The van der Waals surface area contributed by atoms with Gasteiger partial charge in [-0.25, -0.2) is 4.98 Å². The van der Waals surface area contributed by atoms with Crippen molar-refractivity contribution >= 4 is 34.6 Å². The van der Waals surface area contributed by atoms with Gasteiger partial charge < -0.3 is 15.4 Å². The predicted octanol–water partition coefficient (Wildman–Crippen LogP) is 3.44. The molecule has 2 aromatic rings. The van der Waals surface area contributed by atoms with Crippen LogP contribution in [0.1, 0.15) is 0 Å². The first kappa shape index (κ1) is 14.9. The third-order valence-electron chi connectivity index (χ3n) is 2.71. The van der Waals surface area contributed by atoms with Crippen LogP contribution < -0.4 is 15.4 Å². The topological polar surface area (TPSA) is 89.3 Å². The number of nitrogens with zero attached hydrogens (tertiary/aromatic N) is 2. The van der Waals surface area contributed by atoms with Crippen LogP contribution in [0.2, 0.25) is 5.02 Å². The van der Waals surface area contributed by atoms with Crippen LogP contribution in [-0.2, 0) is 0 Å². The van der Waals surface area contributed by atoms with Crippen molar-refractivity contribution in [1.29, 1.82) is 0 Å². The Bertz CT molecular complexity index is 678. The van der Waals surface area contributed by atoms with Crippen molar-refractivity contribution in [2.75, 3.05) is 24.8 Å². The molecule has 2 N–H and O–H groups in total. The van der Waals surface area contributed by atoms with Crippen molar-refractivity contribution in [3.05, 3.63) is 45.5 Å². The van der Waals surface area contributed by atoms with Crippen molar-refractivity contribution in [3.8, 4) is 5.75 Å². The summed E-state index contributed by atoms with van der Waals surface area (Å²) in [7, 11) is 3.17. The highest BCUT2D eigenvalue weighted by Gasteiger charge is 2.12. The highest BCUT2D eigenvalue weighted by atomic mass is 35.5. The van der Waals surface area contributed by atoms with Gasteiger partial charge in [-0.05, 0) is 12.1 Å². The summed E-state index contributed by atoms with van der Waals surface area (Å²) in [6.45, 7) is 0. The zero-order valence-corrected chi connectivity index (χ0v) is 12.1. The molecule has 7 nitrogen and oxygen atoms in total. The van der Waals surface area contributed by atoms with Crippen molar-refractivity contribution in [1.82, 2.24) is 4.98 Å². The number of benzene rings is 1. The van der Waals surface area contributed by atoms with E-state index in [2.05, 4.69) is 15.6 Å². The van der Waals surface area contributed by atoms with Crippen LogP contribution in [0.25, 0.3) is 0 Å². The molecule has 21 heavy (non-hydrogen) atoms. The SMILES string of the molecule is CNc1cc([N+](=O)[O-])cc(Nc2cc(OC)ccc2Cl)n1. The van der Waals surface area contributed by atoms with Gasteiger partial charge in [0, 0.05) is 13.1 Å². The average Bonchev–Trinajstić information content (AvgIpc) is 2.49. The van der Waals surface area contributed by atoms with Gasteiger partial charge in [-0.3, -0.25) is 10.1 Å². The van der Waals surface area contributed by atoms with Gasteiger partial charge in [0.05, 0.1) is 34.9 Å². The van der Waals surface area contributed by atoms with Crippen molar-refractivity contribution < 1.29 is 9.66 Å². The fraction of sp³-hybridized carbons (Fsp3) is 0.154. The maximum Gasteiger partial charge on any atom is 0.276 e. The Labute approximate surface area is 126 Å². The third kappa shape index (κ3) is 3.51. The van der Waals surface area contributed by atoms with Gasteiger partial charge in [0.2, 0.25) is 0 Å². The molecule has 1 aromatic carbocycles. The maximum absolute atomic E-state index is 10.9. The van der Waals surface area contributed by atoms with Crippen molar-refractivity contribution in [3.63, 3.8) is 0 Å². The number of ether oxygens (including phenoxy) is 1. The van der Waals surface area contributed by atoms with Crippen LogP contribution in [0.4, 0.5) is 23.0 Å². The Morgan fingerprint density at radius 1 is 1.29 bits per heavy atom. The number of hydrogen-bond donors (Lipinski definition) is 2. The van der Waals surface area contributed by atoms with Crippen LogP contribution in [-0.4, -0.2) is 24.1 Å². The van der Waals surface area contributed by atoms with E-state index in [9.17, 15) is 10.1 Å². The average molecular weight is 309 g/mol. The highest BCUT2D eigenvalue weighted by Crippen LogP contribution is 2.30. The van der Waals surface area contributed by atoms with Crippen LogP contribution in [0.15, 0.2) is 30.3 Å². The molecule has 0 saturated carbocycles. The summed E-state index contributed by atoms with van der Waals surface area (Å²) in [6.07, 6.45) is 0. The smallest absolute Gasteiger partial charge is 0.276 e. The zero-order valence-electron chi connectivity index (χ0n) is 11.4. The minimum atomic E-state index is -0.485. The second-order valence-electron chi connectivity index (χ2n) is 4.07. The van der Waals surface area contributed by atoms with Crippen LogP contribution in [0, 0.1) is 10.1 Å². The number of methoxy groups -OCH3 is 1. The Morgan fingerprint density at radius 2 is 2.00 bits per heavy atom. The van der Waals surface area contributed by atoms with E-state index in [-0.39, 0.29) is 5.69 Å². The lowest BCUT2D eigenvalue weighted by Crippen LogP contribution is -2.01. The first-order chi connectivity index (χ1) is 10.0. The molecular formula is C13H13ClN4O3. The molecular weight excluding hydrogens is 296 g/mol. The van der Waals surface area contributed by atoms with Gasteiger partial charge >= 0.3 is 0 Å². The number of nitrogens with one attached hydrogen (secondary N) is 2. The molecule has 8 heteroatoms. The van der Waals surface area contributed by atoms with E-state index in [1.54, 1.807) is 25.2 Å². The molecule has 0 amide bonds. The monoisotopic (exact) mass is 308 g/mol. The normalized spacial score (nSPS) is 10.0. The van der Waals surface area contributed by atoms with E-state index in [0.717, 1.165) is 0 Å². The fourth-order valence-corrected chi connectivity index (χ4v) is 1.84. The molecule has 0 aliphatic carbocycles. The lowest BCUT2D eigenvalue weighted by Gasteiger charge is -2.10. The molecule has 0 saturated heterocycles. The summed E-state index contributed by atoms with van der Waals surface area (Å²) >= 11 is 6.08. The number of hydrogen-bond acceptors (Lipinski definition) is 6. The van der Waals surface area contributed by atoms with Gasteiger partial charge in [-0.2, -0.15) is 0 Å². The number of nitro groups is 1. The molecule has 1 heterocycles. The molecule has 1 aromatic heterocycles. The first-order valence-corrected chi connectivity index (χ1v) is 6.36. The summed E-state index contributed by atoms with van der Waals surface area (Å²) in [5.41, 5.74) is 0.474. The van der Waals surface area contributed by atoms with E-state index in [0.29, 0.717) is 28.1 Å². The number of rotatable bonds is 5. The maximum atomic E-state index is 10.9. The highest BCUT2D eigenvalue weighted by molar-refractivity contribution is 6.33. The zero-order chi connectivity index (χ0) is 15.4. The Kier molecular flexibility index (Phi) is 4.44. The Morgan fingerprint density at radius 3 is 2.62 bits per heavy atom. The molecule has 0 aliphatic rings. The number of anilines is 3. The van der Waals surface area contributed by atoms with E-state index >= 15 is 0 Å². The van der Waals surface area contributed by atoms with Gasteiger partial charge in [-0.15, -0.1) is 0 Å². The molecule has 0 spiro atoms. The van der Waals surface area contributed by atoms with E-state index in [1.807, 2.05) is 0 Å². The summed E-state index contributed by atoms with van der Waals surface area (Å²) in [4.78, 5) is 14.6. The first-order valence-electron chi connectivity index (χ1n) is 5.98. The lowest BCUT2D eigenvalue weighted by molar-refractivity contribution is -0.384. The minimum Gasteiger partial charge on any atom is -0.497 e. The quantitative estimate of drug-likeness (QED) is 0.649. The largest absolute Gasteiger partial charge is 0.497 e. The van der Waals surface area contributed by atoms with E-state index in [4.69, 9.17) is 16.3 Å². The fourth-order valence-electron chi connectivity index (χ4n) is 1.68. The second kappa shape index (κ2) is 6.27. The van der Waals surface area contributed by atoms with Crippen LogP contribution in [0.5, 0.6) is 5.75 Å². The third-order valence-corrected chi connectivity index (χ3v) is 3.04. The number of pyridine rings is 1. The van der Waals surface area contributed by atoms with Crippen molar-refractivity contribution in [2.24, 2.45) is 0 Å². The molecule has 0 aliphatic heterocycles. The van der Waals surface area contributed by atoms with Gasteiger partial charge in [0.1, 0.15) is 17.4 Å². The summed E-state index contributed by atoms with van der Waals surface area (Å²) in [5.74, 6) is 1.30. The molecule has 0 fully saturated rings. The standard InChI is InChI=1S/C13H13ClN4O3/c1-15-12-5-8(18(19)20)6-13(17-12)16-11-7-9(21-2)3-4-10(11)14/h3-7H,1-2H3,(H2,15,16,17). The number of aromatic nitrogens is 1. The molecule has 0 atom stereocenters. The van der Waals surface area contributed by atoms with Crippen molar-refractivity contribution in [2.45, 2.75) is 0 Å². The Balaban J connectivity index is 2.39.